The van der Waals surface area contributed by atoms with Gasteiger partial charge in [-0.25, -0.2) is 0 Å². The second-order valence-corrected chi connectivity index (χ2v) is 2.66. The van der Waals surface area contributed by atoms with Crippen molar-refractivity contribution in [2.75, 3.05) is 13.2 Å². The summed E-state index contributed by atoms with van der Waals surface area (Å²) in [6.45, 7) is 2.70. The van der Waals surface area contributed by atoms with E-state index in [0.717, 1.165) is 6.42 Å². The Morgan fingerprint density at radius 3 is 3.00 bits per heavy atom. The van der Waals surface area contributed by atoms with Crippen LogP contribution in [0.1, 0.15) is 12.2 Å². The molecule has 0 saturated heterocycles. The van der Waals surface area contributed by atoms with Gasteiger partial charge in [-0.1, -0.05) is 0 Å². The molecule has 1 rings (SSSR count). The van der Waals surface area contributed by atoms with Crippen LogP contribution in [0.15, 0.2) is 21.5 Å². The third kappa shape index (κ3) is 2.59. The number of nitrogens with two attached hydrogens (primary N) is 1. The van der Waals surface area contributed by atoms with E-state index in [1.807, 2.05) is 0 Å². The maximum absolute atomic E-state index is 11.2. The fraction of sp³-hybridized carbons (Fsp3) is 0.444. The van der Waals surface area contributed by atoms with Crippen LogP contribution >= 0.6 is 0 Å². The molecule has 4 heteroatoms. The van der Waals surface area contributed by atoms with E-state index in [1.54, 1.807) is 6.92 Å². The monoisotopic (exact) mass is 183 g/mol. The van der Waals surface area contributed by atoms with Crippen molar-refractivity contribution in [3.8, 4) is 5.75 Å². The lowest BCUT2D eigenvalue weighted by Crippen LogP contribution is -2.12. The van der Waals surface area contributed by atoms with Gasteiger partial charge in [0.1, 0.15) is 5.76 Å². The van der Waals surface area contributed by atoms with Gasteiger partial charge in [0.2, 0.25) is 11.2 Å². The van der Waals surface area contributed by atoms with E-state index in [0.29, 0.717) is 18.9 Å². The zero-order valence-corrected chi connectivity index (χ0v) is 7.58. The van der Waals surface area contributed by atoms with Crippen molar-refractivity contribution in [1.29, 1.82) is 0 Å². The van der Waals surface area contributed by atoms with Gasteiger partial charge in [-0.05, 0) is 19.9 Å². The van der Waals surface area contributed by atoms with Crippen molar-refractivity contribution in [2.24, 2.45) is 5.73 Å². The van der Waals surface area contributed by atoms with Gasteiger partial charge in [-0.2, -0.15) is 0 Å². The Morgan fingerprint density at radius 2 is 2.38 bits per heavy atom. The zero-order chi connectivity index (χ0) is 9.68. The number of rotatable bonds is 4. The van der Waals surface area contributed by atoms with Gasteiger partial charge in [0.15, 0.2) is 0 Å². The highest BCUT2D eigenvalue weighted by Gasteiger charge is 2.04. The van der Waals surface area contributed by atoms with E-state index in [4.69, 9.17) is 14.9 Å². The second kappa shape index (κ2) is 4.67. The first-order valence-corrected chi connectivity index (χ1v) is 4.17. The Kier molecular flexibility index (Phi) is 3.52. The summed E-state index contributed by atoms with van der Waals surface area (Å²) in [7, 11) is 0. The molecular weight excluding hydrogens is 170 g/mol. The van der Waals surface area contributed by atoms with E-state index in [2.05, 4.69) is 0 Å². The molecule has 1 aromatic heterocycles. The summed E-state index contributed by atoms with van der Waals surface area (Å²) in [6, 6.07) is 1.34. The normalized spacial score (nSPS) is 10.0. The smallest absolute Gasteiger partial charge is 0.226 e. The van der Waals surface area contributed by atoms with Gasteiger partial charge in [-0.15, -0.1) is 0 Å². The van der Waals surface area contributed by atoms with E-state index < -0.39 is 0 Å². The van der Waals surface area contributed by atoms with Gasteiger partial charge >= 0.3 is 0 Å². The van der Waals surface area contributed by atoms with Crippen molar-refractivity contribution in [3.63, 3.8) is 0 Å². The molecule has 13 heavy (non-hydrogen) atoms. The van der Waals surface area contributed by atoms with Crippen molar-refractivity contribution in [2.45, 2.75) is 13.3 Å². The summed E-state index contributed by atoms with van der Waals surface area (Å²) in [5.41, 5.74) is 5.14. The van der Waals surface area contributed by atoms with Crippen LogP contribution in [-0.4, -0.2) is 13.2 Å². The number of hydrogen-bond donors (Lipinski definition) is 1. The maximum Gasteiger partial charge on any atom is 0.226 e. The average Bonchev–Trinajstić information content (AvgIpc) is 2.10. The molecule has 0 saturated carbocycles. The van der Waals surface area contributed by atoms with Gasteiger partial charge in [-0.3, -0.25) is 4.79 Å². The quantitative estimate of drug-likeness (QED) is 0.697. The van der Waals surface area contributed by atoms with Crippen molar-refractivity contribution < 1.29 is 9.15 Å². The van der Waals surface area contributed by atoms with Crippen LogP contribution in [0.4, 0.5) is 0 Å². The predicted octanol–water partition coefficient (Wildman–Crippen LogP) is 0.676. The fourth-order valence-corrected chi connectivity index (χ4v) is 0.931. The highest BCUT2D eigenvalue weighted by Crippen LogP contribution is 2.10. The molecule has 0 bridgehead atoms. The molecule has 0 aliphatic rings. The molecule has 0 aliphatic carbocycles. The molecule has 0 aliphatic heterocycles. The molecule has 0 amide bonds. The molecule has 1 heterocycles. The van der Waals surface area contributed by atoms with Crippen LogP contribution in [0.5, 0.6) is 5.75 Å². The van der Waals surface area contributed by atoms with Crippen molar-refractivity contribution in [1.82, 2.24) is 0 Å². The van der Waals surface area contributed by atoms with Gasteiger partial charge in [0.25, 0.3) is 0 Å². The van der Waals surface area contributed by atoms with Crippen LogP contribution in [0.3, 0.4) is 0 Å². The van der Waals surface area contributed by atoms with E-state index in [-0.39, 0.29) is 11.2 Å². The molecule has 1 aromatic rings. The first-order valence-electron chi connectivity index (χ1n) is 4.17. The van der Waals surface area contributed by atoms with Gasteiger partial charge < -0.3 is 14.9 Å². The summed E-state index contributed by atoms with van der Waals surface area (Å²) in [5.74, 6) is 0.792. The fourth-order valence-electron chi connectivity index (χ4n) is 0.931. The van der Waals surface area contributed by atoms with E-state index in [1.165, 1.54) is 12.3 Å². The lowest BCUT2D eigenvalue weighted by Gasteiger charge is -2.05. The molecule has 0 radical (unpaired) electrons. The molecule has 4 nitrogen and oxygen atoms in total. The minimum absolute atomic E-state index is 0.152. The first kappa shape index (κ1) is 9.80. The highest BCUT2D eigenvalue weighted by molar-refractivity contribution is 5.22. The number of aryl methyl sites for hydroxylation is 1. The van der Waals surface area contributed by atoms with Crippen LogP contribution in [0.25, 0.3) is 0 Å². The Labute approximate surface area is 76.3 Å². The lowest BCUT2D eigenvalue weighted by atomic mass is 10.3. The van der Waals surface area contributed by atoms with Gasteiger partial charge in [0.05, 0.1) is 12.9 Å². The summed E-state index contributed by atoms with van der Waals surface area (Å²) in [4.78, 5) is 11.2. The van der Waals surface area contributed by atoms with E-state index in [9.17, 15) is 4.79 Å². The topological polar surface area (TPSA) is 65.5 Å². The molecule has 0 spiro atoms. The first-order chi connectivity index (χ1) is 6.25. The van der Waals surface area contributed by atoms with Crippen LogP contribution in [-0.2, 0) is 0 Å². The average molecular weight is 183 g/mol. The minimum atomic E-state index is -0.152. The zero-order valence-electron chi connectivity index (χ0n) is 7.58. The Hall–Kier alpha value is -1.29. The molecule has 0 unspecified atom stereocenters. The summed E-state index contributed by atoms with van der Waals surface area (Å²) in [5, 5.41) is 0. The standard InChI is InChI=1S/C9H13NO3/c1-7-9(13-5-2-4-10)8(11)3-6-12-7/h3,6H,2,4-5,10H2,1H3. The summed E-state index contributed by atoms with van der Waals surface area (Å²) < 4.78 is 10.2. The van der Waals surface area contributed by atoms with Crippen LogP contribution < -0.4 is 15.9 Å². The highest BCUT2D eigenvalue weighted by atomic mass is 16.5. The van der Waals surface area contributed by atoms with Crippen molar-refractivity contribution >= 4 is 0 Å². The third-order valence-corrected chi connectivity index (χ3v) is 1.60. The van der Waals surface area contributed by atoms with Crippen molar-refractivity contribution in [3.05, 3.63) is 28.3 Å². The van der Waals surface area contributed by atoms with E-state index >= 15 is 0 Å². The lowest BCUT2D eigenvalue weighted by molar-refractivity contribution is 0.294. The number of ether oxygens (including phenoxy) is 1. The predicted molar refractivity (Wildman–Crippen MR) is 48.9 cm³/mol. The van der Waals surface area contributed by atoms with Gasteiger partial charge in [0, 0.05) is 6.07 Å². The van der Waals surface area contributed by atoms with Crippen LogP contribution in [0, 0.1) is 6.92 Å². The van der Waals surface area contributed by atoms with Crippen LogP contribution in [0.2, 0.25) is 0 Å². The maximum atomic E-state index is 11.2. The Balaban J connectivity index is 2.70. The third-order valence-electron chi connectivity index (χ3n) is 1.60. The molecule has 2 N–H and O–H groups in total. The summed E-state index contributed by atoms with van der Waals surface area (Å²) in [6.07, 6.45) is 2.08. The molecule has 0 fully saturated rings. The number of hydrogen-bond acceptors (Lipinski definition) is 4. The Bertz CT molecular complexity index is 319. The minimum Gasteiger partial charge on any atom is -0.486 e. The molecule has 0 atom stereocenters. The largest absolute Gasteiger partial charge is 0.486 e. The SMILES string of the molecule is Cc1occc(=O)c1OCCCN. The second-order valence-electron chi connectivity index (χ2n) is 2.66. The summed E-state index contributed by atoms with van der Waals surface area (Å²) >= 11 is 0. The molecule has 0 aromatic carbocycles. The molecular formula is C9H13NO3. The molecule has 72 valence electrons. The Morgan fingerprint density at radius 1 is 1.62 bits per heavy atom.